The molecule has 1 heterocycles. The van der Waals surface area contributed by atoms with Crippen molar-refractivity contribution in [2.45, 2.75) is 78.6 Å². The highest BCUT2D eigenvalue weighted by molar-refractivity contribution is 5.81. The van der Waals surface area contributed by atoms with E-state index >= 15 is 0 Å². The number of nitrogen functional groups attached to an aromatic ring is 1. The van der Waals surface area contributed by atoms with Crippen molar-refractivity contribution in [1.82, 2.24) is 9.97 Å². The first kappa shape index (κ1) is 26.3. The van der Waals surface area contributed by atoms with Crippen molar-refractivity contribution in [2.75, 3.05) is 24.2 Å². The Morgan fingerprint density at radius 2 is 1.76 bits per heavy atom. The Morgan fingerprint density at radius 3 is 2.45 bits per heavy atom. The van der Waals surface area contributed by atoms with Crippen LogP contribution in [-0.4, -0.2) is 34.8 Å². The Bertz CT molecular complexity index is 896. The molecule has 1 aromatic carbocycles. The molecule has 0 aliphatic rings. The number of aromatic nitrogens is 2. The van der Waals surface area contributed by atoms with Crippen LogP contribution in [0.2, 0.25) is 0 Å². The summed E-state index contributed by atoms with van der Waals surface area (Å²) >= 11 is 0. The van der Waals surface area contributed by atoms with E-state index in [0.29, 0.717) is 13.0 Å². The van der Waals surface area contributed by atoms with Crippen LogP contribution in [0, 0.1) is 12.3 Å². The quantitative estimate of drug-likeness (QED) is 0.193. The Kier molecular flexibility index (Phi) is 11.3. The Balaban J connectivity index is 1.85. The van der Waals surface area contributed by atoms with Crippen LogP contribution in [0.5, 0.6) is 0 Å². The smallest absolute Gasteiger partial charge is 0.310 e. The van der Waals surface area contributed by atoms with Gasteiger partial charge in [-0.3, -0.25) is 4.79 Å². The van der Waals surface area contributed by atoms with Crippen molar-refractivity contribution in [3.63, 3.8) is 0 Å². The average Bonchev–Trinajstić information content (AvgIpc) is 2.77. The van der Waals surface area contributed by atoms with Crippen molar-refractivity contribution in [3.8, 4) is 0 Å². The predicted molar refractivity (Wildman–Crippen MR) is 135 cm³/mol. The number of carbonyl (C=O) groups excluding carboxylic acids is 1. The molecule has 0 saturated carbocycles. The summed E-state index contributed by atoms with van der Waals surface area (Å²) in [6.45, 7) is 7.46. The van der Waals surface area contributed by atoms with Crippen molar-refractivity contribution >= 4 is 23.4 Å². The van der Waals surface area contributed by atoms with E-state index in [-0.39, 0.29) is 18.3 Å². The first-order valence-corrected chi connectivity index (χ1v) is 12.1. The van der Waals surface area contributed by atoms with Crippen LogP contribution in [0.15, 0.2) is 24.3 Å². The number of rotatable bonds is 15. The van der Waals surface area contributed by atoms with Gasteiger partial charge in [-0.1, -0.05) is 51.0 Å². The number of hydrogen-bond acceptors (Lipinski definition) is 7. The van der Waals surface area contributed by atoms with Crippen LogP contribution < -0.4 is 11.1 Å². The number of unbranched alkanes of at least 4 members (excludes halogenated alkanes) is 2. The topological polar surface area (TPSA) is 114 Å². The molecule has 0 radical (unpaired) electrons. The van der Waals surface area contributed by atoms with Crippen molar-refractivity contribution in [3.05, 3.63) is 46.6 Å². The van der Waals surface area contributed by atoms with Crippen LogP contribution in [-0.2, 0) is 22.4 Å². The fourth-order valence-electron chi connectivity index (χ4n) is 3.61. The minimum absolute atomic E-state index is 0.212. The molecule has 0 bridgehead atoms. The second-order valence-corrected chi connectivity index (χ2v) is 8.48. The molecule has 2 aromatic rings. The lowest BCUT2D eigenvalue weighted by molar-refractivity contribution is -0.142. The SMILES string of the molecule is CCCCNc1nc(N)nc(C)c1Cc1ccc(CC(=O)OCCCCC(=N)CCC)cc1. The molecule has 0 aliphatic carbocycles. The van der Waals surface area contributed by atoms with E-state index in [1.54, 1.807) is 0 Å². The lowest BCUT2D eigenvalue weighted by Crippen LogP contribution is -2.11. The predicted octanol–water partition coefficient (Wildman–Crippen LogP) is 5.25. The van der Waals surface area contributed by atoms with Gasteiger partial charge in [-0.15, -0.1) is 0 Å². The summed E-state index contributed by atoms with van der Waals surface area (Å²) in [4.78, 5) is 20.9. The third kappa shape index (κ3) is 9.60. The summed E-state index contributed by atoms with van der Waals surface area (Å²) in [7, 11) is 0. The molecule has 7 heteroatoms. The number of benzene rings is 1. The Hall–Kier alpha value is -2.96. The first-order chi connectivity index (χ1) is 15.9. The average molecular weight is 454 g/mol. The molecule has 0 aliphatic heterocycles. The highest BCUT2D eigenvalue weighted by atomic mass is 16.5. The van der Waals surface area contributed by atoms with E-state index in [2.05, 4.69) is 29.1 Å². The lowest BCUT2D eigenvalue weighted by Gasteiger charge is -2.14. The van der Waals surface area contributed by atoms with Gasteiger partial charge < -0.3 is 21.2 Å². The lowest BCUT2D eigenvalue weighted by atomic mass is 10.0. The number of carbonyl (C=O) groups is 1. The molecule has 0 atom stereocenters. The van der Waals surface area contributed by atoms with Gasteiger partial charge in [0.2, 0.25) is 5.95 Å². The second kappa shape index (κ2) is 14.2. The molecule has 0 saturated heterocycles. The summed E-state index contributed by atoms with van der Waals surface area (Å²) in [5.41, 5.74) is 10.6. The molecule has 2 rings (SSSR count). The van der Waals surface area contributed by atoms with Gasteiger partial charge >= 0.3 is 5.97 Å². The second-order valence-electron chi connectivity index (χ2n) is 8.48. The van der Waals surface area contributed by atoms with Crippen LogP contribution in [0.3, 0.4) is 0 Å². The third-order valence-corrected chi connectivity index (χ3v) is 5.49. The van der Waals surface area contributed by atoms with Crippen LogP contribution >= 0.6 is 0 Å². The number of esters is 1. The van der Waals surface area contributed by atoms with Crippen LogP contribution in [0.4, 0.5) is 11.8 Å². The summed E-state index contributed by atoms with van der Waals surface area (Å²) < 4.78 is 5.36. The maximum Gasteiger partial charge on any atom is 0.310 e. The maximum atomic E-state index is 12.1. The first-order valence-electron chi connectivity index (χ1n) is 12.1. The summed E-state index contributed by atoms with van der Waals surface area (Å²) in [6.07, 6.45) is 7.48. The maximum absolute atomic E-state index is 12.1. The fourth-order valence-corrected chi connectivity index (χ4v) is 3.61. The van der Waals surface area contributed by atoms with Crippen LogP contribution in [0.1, 0.15) is 81.2 Å². The molecule has 0 spiro atoms. The monoisotopic (exact) mass is 453 g/mol. The zero-order chi connectivity index (χ0) is 24.1. The molecular weight excluding hydrogens is 414 g/mol. The number of nitrogens with zero attached hydrogens (tertiary/aromatic N) is 2. The molecule has 4 N–H and O–H groups in total. The minimum Gasteiger partial charge on any atom is -0.465 e. The van der Waals surface area contributed by atoms with Gasteiger partial charge in [0.1, 0.15) is 5.82 Å². The normalized spacial score (nSPS) is 10.8. The number of aryl methyl sites for hydroxylation is 1. The fraction of sp³-hybridized carbons (Fsp3) is 0.538. The zero-order valence-electron chi connectivity index (χ0n) is 20.4. The van der Waals surface area contributed by atoms with E-state index in [4.69, 9.17) is 15.9 Å². The highest BCUT2D eigenvalue weighted by Gasteiger charge is 2.12. The van der Waals surface area contributed by atoms with Gasteiger partial charge in [-0.2, -0.15) is 4.98 Å². The van der Waals surface area contributed by atoms with Gasteiger partial charge in [0, 0.05) is 29.9 Å². The van der Waals surface area contributed by atoms with Crippen molar-refractivity contribution in [2.24, 2.45) is 0 Å². The zero-order valence-corrected chi connectivity index (χ0v) is 20.4. The molecule has 0 fully saturated rings. The summed E-state index contributed by atoms with van der Waals surface area (Å²) in [5, 5.41) is 11.2. The molecule has 7 nitrogen and oxygen atoms in total. The largest absolute Gasteiger partial charge is 0.465 e. The molecule has 0 amide bonds. The van der Waals surface area contributed by atoms with E-state index in [1.807, 2.05) is 31.2 Å². The van der Waals surface area contributed by atoms with E-state index in [9.17, 15) is 4.79 Å². The minimum atomic E-state index is -0.212. The number of nitrogens with two attached hydrogens (primary N) is 1. The van der Waals surface area contributed by atoms with Gasteiger partial charge in [0.25, 0.3) is 0 Å². The summed E-state index contributed by atoms with van der Waals surface area (Å²) in [6, 6.07) is 8.02. The number of nitrogens with one attached hydrogen (secondary N) is 2. The number of ether oxygens (including phenoxy) is 1. The Labute approximate surface area is 198 Å². The van der Waals surface area contributed by atoms with E-state index < -0.39 is 0 Å². The number of hydrogen-bond donors (Lipinski definition) is 3. The van der Waals surface area contributed by atoms with E-state index in [0.717, 1.165) is 85.4 Å². The molecular formula is C26H39N5O2. The van der Waals surface area contributed by atoms with E-state index in [1.165, 1.54) is 0 Å². The van der Waals surface area contributed by atoms with Gasteiger partial charge in [-0.05, 0) is 50.2 Å². The third-order valence-electron chi connectivity index (χ3n) is 5.49. The van der Waals surface area contributed by atoms with Crippen molar-refractivity contribution < 1.29 is 9.53 Å². The van der Waals surface area contributed by atoms with Gasteiger partial charge in [0.05, 0.1) is 13.0 Å². The molecule has 33 heavy (non-hydrogen) atoms. The van der Waals surface area contributed by atoms with Crippen molar-refractivity contribution in [1.29, 1.82) is 5.41 Å². The Morgan fingerprint density at radius 1 is 1.03 bits per heavy atom. The molecule has 1 aromatic heterocycles. The highest BCUT2D eigenvalue weighted by Crippen LogP contribution is 2.22. The summed E-state index contributed by atoms with van der Waals surface area (Å²) in [5.74, 6) is 0.867. The number of anilines is 2. The van der Waals surface area contributed by atoms with Crippen LogP contribution in [0.25, 0.3) is 0 Å². The van der Waals surface area contributed by atoms with Gasteiger partial charge in [-0.25, -0.2) is 4.98 Å². The standard InChI is InChI=1S/C26H39N5O2/c1-4-6-15-29-25-23(19(3)30-26(28)31-25)17-20-11-13-21(14-12-20)18-24(32)33-16-8-7-10-22(27)9-5-2/h11-14,27H,4-10,15-18H2,1-3H3,(H3,28,29,30,31). The van der Waals surface area contributed by atoms with Gasteiger partial charge in [0.15, 0.2) is 0 Å². The molecule has 180 valence electrons. The molecule has 0 unspecified atom stereocenters.